The zero-order valence-electron chi connectivity index (χ0n) is 8.77. The molecule has 15 heavy (non-hydrogen) atoms. The van der Waals surface area contributed by atoms with Crippen LogP contribution in [0.3, 0.4) is 0 Å². The Morgan fingerprint density at radius 2 is 2.20 bits per heavy atom. The normalized spacial score (nSPS) is 10.0. The maximum absolute atomic E-state index is 5.14. The molecular formula is C11H13N3O. The van der Waals surface area contributed by atoms with Gasteiger partial charge in [0, 0.05) is 25.0 Å². The number of hydrogen-bond acceptors (Lipinski definition) is 3. The Bertz CT molecular complexity index is 451. The van der Waals surface area contributed by atoms with E-state index in [0.29, 0.717) is 0 Å². The number of anilines is 2. The fourth-order valence-electron chi connectivity index (χ4n) is 1.35. The second-order valence-corrected chi connectivity index (χ2v) is 3.26. The maximum Gasteiger partial charge on any atom is 0.120 e. The number of aromatic nitrogens is 2. The molecule has 1 heterocycles. The largest absolute Gasteiger partial charge is 0.497 e. The Labute approximate surface area is 88.5 Å². The van der Waals surface area contributed by atoms with Crippen LogP contribution >= 0.6 is 0 Å². The van der Waals surface area contributed by atoms with Gasteiger partial charge in [-0.05, 0) is 12.1 Å². The highest BCUT2D eigenvalue weighted by Gasteiger charge is 1.98. The van der Waals surface area contributed by atoms with E-state index in [1.807, 2.05) is 37.5 Å². The molecule has 0 amide bonds. The molecule has 0 aliphatic heterocycles. The Hall–Kier alpha value is -1.97. The highest BCUT2D eigenvalue weighted by atomic mass is 16.5. The summed E-state index contributed by atoms with van der Waals surface area (Å²) in [5.41, 5.74) is 1.95. The Morgan fingerprint density at radius 3 is 2.87 bits per heavy atom. The third-order valence-electron chi connectivity index (χ3n) is 2.06. The molecular weight excluding hydrogens is 190 g/mol. The summed E-state index contributed by atoms with van der Waals surface area (Å²) in [6.07, 6.45) is 3.69. The summed E-state index contributed by atoms with van der Waals surface area (Å²) >= 11 is 0. The molecule has 4 heteroatoms. The lowest BCUT2D eigenvalue weighted by molar-refractivity contribution is 0.415. The summed E-state index contributed by atoms with van der Waals surface area (Å²) in [6, 6.07) is 7.77. The summed E-state index contributed by atoms with van der Waals surface area (Å²) in [7, 11) is 3.54. The van der Waals surface area contributed by atoms with Crippen LogP contribution in [-0.2, 0) is 7.05 Å². The van der Waals surface area contributed by atoms with Crippen LogP contribution in [0.1, 0.15) is 0 Å². The molecule has 0 aliphatic rings. The van der Waals surface area contributed by atoms with Crippen LogP contribution < -0.4 is 10.1 Å². The summed E-state index contributed by atoms with van der Waals surface area (Å²) in [4.78, 5) is 0. The van der Waals surface area contributed by atoms with Gasteiger partial charge in [0.15, 0.2) is 0 Å². The van der Waals surface area contributed by atoms with Gasteiger partial charge in [-0.15, -0.1) is 0 Å². The van der Waals surface area contributed by atoms with Crippen LogP contribution in [-0.4, -0.2) is 16.9 Å². The molecule has 2 aromatic rings. The fraction of sp³-hybridized carbons (Fsp3) is 0.182. The first-order valence-corrected chi connectivity index (χ1v) is 4.67. The standard InChI is InChI=1S/C11H13N3O/c1-14-8-10(7-12-14)13-9-4-3-5-11(6-9)15-2/h3-8,13H,1-2H3. The van der Waals surface area contributed by atoms with Gasteiger partial charge in [0.25, 0.3) is 0 Å². The first kappa shape index (κ1) is 9.58. The summed E-state index contributed by atoms with van der Waals surface area (Å²) in [5.74, 6) is 0.837. The van der Waals surface area contributed by atoms with Crippen LogP contribution in [0.5, 0.6) is 5.75 Å². The number of aryl methyl sites for hydroxylation is 1. The number of hydrogen-bond donors (Lipinski definition) is 1. The number of rotatable bonds is 3. The average molecular weight is 203 g/mol. The molecule has 0 fully saturated rings. The highest BCUT2D eigenvalue weighted by Crippen LogP contribution is 2.20. The van der Waals surface area contributed by atoms with E-state index in [9.17, 15) is 0 Å². The summed E-state index contributed by atoms with van der Waals surface area (Å²) in [5, 5.41) is 7.31. The second kappa shape index (κ2) is 4.04. The zero-order chi connectivity index (χ0) is 10.7. The molecule has 1 N–H and O–H groups in total. The molecule has 78 valence electrons. The average Bonchev–Trinajstić information content (AvgIpc) is 2.64. The monoisotopic (exact) mass is 203 g/mol. The Kier molecular flexibility index (Phi) is 2.58. The summed E-state index contributed by atoms with van der Waals surface area (Å²) in [6.45, 7) is 0. The fourth-order valence-corrected chi connectivity index (χ4v) is 1.35. The smallest absolute Gasteiger partial charge is 0.120 e. The van der Waals surface area contributed by atoms with Crippen LogP contribution in [0, 0.1) is 0 Å². The van der Waals surface area contributed by atoms with Gasteiger partial charge in [0.1, 0.15) is 5.75 Å². The molecule has 4 nitrogen and oxygen atoms in total. The van der Waals surface area contributed by atoms with Gasteiger partial charge >= 0.3 is 0 Å². The SMILES string of the molecule is COc1cccc(Nc2cnn(C)c2)c1. The van der Waals surface area contributed by atoms with E-state index >= 15 is 0 Å². The topological polar surface area (TPSA) is 39.1 Å². The molecule has 0 atom stereocenters. The van der Waals surface area contributed by atoms with Crippen molar-refractivity contribution in [3.63, 3.8) is 0 Å². The van der Waals surface area contributed by atoms with Gasteiger partial charge < -0.3 is 10.1 Å². The Balaban J connectivity index is 2.16. The Morgan fingerprint density at radius 1 is 1.33 bits per heavy atom. The number of nitrogens with one attached hydrogen (secondary N) is 1. The molecule has 0 saturated heterocycles. The van der Waals surface area contributed by atoms with E-state index in [2.05, 4.69) is 10.4 Å². The van der Waals surface area contributed by atoms with E-state index in [-0.39, 0.29) is 0 Å². The van der Waals surface area contributed by atoms with E-state index in [1.54, 1.807) is 18.0 Å². The highest BCUT2D eigenvalue weighted by molar-refractivity contribution is 5.59. The van der Waals surface area contributed by atoms with Crippen molar-refractivity contribution in [1.82, 2.24) is 9.78 Å². The second-order valence-electron chi connectivity index (χ2n) is 3.26. The van der Waals surface area contributed by atoms with Crippen LogP contribution in [0.25, 0.3) is 0 Å². The quantitative estimate of drug-likeness (QED) is 0.831. The van der Waals surface area contributed by atoms with E-state index < -0.39 is 0 Å². The van der Waals surface area contributed by atoms with Crippen molar-refractivity contribution in [3.8, 4) is 5.75 Å². The van der Waals surface area contributed by atoms with Crippen LogP contribution in [0.15, 0.2) is 36.7 Å². The number of nitrogens with zero attached hydrogens (tertiary/aromatic N) is 2. The molecule has 0 aliphatic carbocycles. The van der Waals surface area contributed by atoms with Crippen molar-refractivity contribution in [2.45, 2.75) is 0 Å². The molecule has 2 rings (SSSR count). The van der Waals surface area contributed by atoms with Gasteiger partial charge in [0.05, 0.1) is 19.0 Å². The third kappa shape index (κ3) is 2.28. The van der Waals surface area contributed by atoms with Crippen molar-refractivity contribution >= 4 is 11.4 Å². The summed E-state index contributed by atoms with van der Waals surface area (Å²) < 4.78 is 6.89. The lowest BCUT2D eigenvalue weighted by atomic mass is 10.3. The van der Waals surface area contributed by atoms with Gasteiger partial charge in [-0.3, -0.25) is 4.68 Å². The van der Waals surface area contributed by atoms with Crippen molar-refractivity contribution < 1.29 is 4.74 Å². The minimum Gasteiger partial charge on any atom is -0.497 e. The maximum atomic E-state index is 5.14. The van der Waals surface area contributed by atoms with E-state index in [0.717, 1.165) is 17.1 Å². The van der Waals surface area contributed by atoms with Gasteiger partial charge in [-0.2, -0.15) is 5.10 Å². The van der Waals surface area contributed by atoms with Gasteiger partial charge in [-0.25, -0.2) is 0 Å². The number of methoxy groups -OCH3 is 1. The van der Waals surface area contributed by atoms with Gasteiger partial charge in [-0.1, -0.05) is 6.07 Å². The van der Waals surface area contributed by atoms with Gasteiger partial charge in [0.2, 0.25) is 0 Å². The molecule has 0 unspecified atom stereocenters. The predicted octanol–water partition coefficient (Wildman–Crippen LogP) is 2.17. The van der Waals surface area contributed by atoms with Crippen molar-refractivity contribution in [2.24, 2.45) is 7.05 Å². The van der Waals surface area contributed by atoms with Crippen LogP contribution in [0.2, 0.25) is 0 Å². The van der Waals surface area contributed by atoms with Crippen molar-refractivity contribution in [1.29, 1.82) is 0 Å². The first-order chi connectivity index (χ1) is 7.28. The lowest BCUT2D eigenvalue weighted by Crippen LogP contribution is -1.90. The number of ether oxygens (including phenoxy) is 1. The minimum atomic E-state index is 0.837. The first-order valence-electron chi connectivity index (χ1n) is 4.67. The van der Waals surface area contributed by atoms with E-state index in [4.69, 9.17) is 4.74 Å². The molecule has 1 aromatic carbocycles. The molecule has 0 saturated carbocycles. The molecule has 0 radical (unpaired) electrons. The zero-order valence-corrected chi connectivity index (χ0v) is 8.77. The predicted molar refractivity (Wildman–Crippen MR) is 59.5 cm³/mol. The minimum absolute atomic E-state index is 0.837. The number of benzene rings is 1. The van der Waals surface area contributed by atoms with E-state index in [1.165, 1.54) is 0 Å². The molecule has 0 spiro atoms. The van der Waals surface area contributed by atoms with Crippen molar-refractivity contribution in [3.05, 3.63) is 36.7 Å². The van der Waals surface area contributed by atoms with Crippen molar-refractivity contribution in [2.75, 3.05) is 12.4 Å². The lowest BCUT2D eigenvalue weighted by Gasteiger charge is -2.05. The third-order valence-corrected chi connectivity index (χ3v) is 2.06. The van der Waals surface area contributed by atoms with Crippen LogP contribution in [0.4, 0.5) is 11.4 Å². The molecule has 1 aromatic heterocycles. The molecule has 0 bridgehead atoms.